The first kappa shape index (κ1) is 17.7. The molecule has 1 aromatic rings. The maximum absolute atomic E-state index is 12.8. The Morgan fingerprint density at radius 1 is 1.16 bits per heavy atom. The first-order chi connectivity index (χ1) is 12.0. The lowest BCUT2D eigenvalue weighted by molar-refractivity contribution is -0.122. The molecule has 6 heteroatoms. The predicted octanol–water partition coefficient (Wildman–Crippen LogP) is 1.64. The second kappa shape index (κ2) is 7.44. The van der Waals surface area contributed by atoms with E-state index < -0.39 is 0 Å². The molecule has 136 valence electrons. The Morgan fingerprint density at radius 3 is 2.56 bits per heavy atom. The van der Waals surface area contributed by atoms with Gasteiger partial charge < -0.3 is 20.3 Å². The van der Waals surface area contributed by atoms with E-state index >= 15 is 0 Å². The maximum Gasteiger partial charge on any atom is 0.254 e. The number of primary amides is 1. The number of nitrogens with zero attached hydrogens (tertiary/aromatic N) is 2. The third-order valence-electron chi connectivity index (χ3n) is 5.17. The van der Waals surface area contributed by atoms with Crippen LogP contribution >= 0.6 is 0 Å². The van der Waals surface area contributed by atoms with Crippen molar-refractivity contribution < 1.29 is 14.3 Å². The molecule has 2 saturated heterocycles. The van der Waals surface area contributed by atoms with Crippen molar-refractivity contribution in [2.45, 2.75) is 38.8 Å². The van der Waals surface area contributed by atoms with Gasteiger partial charge in [0, 0.05) is 30.9 Å². The fourth-order valence-electron chi connectivity index (χ4n) is 3.61. The highest BCUT2D eigenvalue weighted by atomic mass is 16.5. The largest absolute Gasteiger partial charge is 0.375 e. The lowest BCUT2D eigenvalue weighted by Crippen LogP contribution is -2.50. The number of hydrogen-bond acceptors (Lipinski definition) is 4. The van der Waals surface area contributed by atoms with Gasteiger partial charge in [0.2, 0.25) is 5.91 Å². The number of anilines is 1. The van der Waals surface area contributed by atoms with Gasteiger partial charge in [0.1, 0.15) is 0 Å². The van der Waals surface area contributed by atoms with Gasteiger partial charge >= 0.3 is 0 Å². The number of amides is 2. The van der Waals surface area contributed by atoms with Crippen molar-refractivity contribution in [2.24, 2.45) is 11.7 Å². The van der Waals surface area contributed by atoms with Gasteiger partial charge in [0.25, 0.3) is 5.91 Å². The van der Waals surface area contributed by atoms with Gasteiger partial charge in [-0.2, -0.15) is 0 Å². The summed E-state index contributed by atoms with van der Waals surface area (Å²) in [4.78, 5) is 28.3. The molecule has 0 bridgehead atoms. The summed E-state index contributed by atoms with van der Waals surface area (Å²) in [5.41, 5.74) is 7.17. The average molecular weight is 345 g/mol. The number of nitrogens with two attached hydrogens (primary N) is 1. The normalized spacial score (nSPS) is 27.2. The summed E-state index contributed by atoms with van der Waals surface area (Å²) in [5, 5.41) is 0. The molecule has 0 aromatic heterocycles. The molecular weight excluding hydrogens is 318 g/mol. The Bertz CT molecular complexity index is 631. The molecular formula is C19H27N3O3. The van der Waals surface area contributed by atoms with E-state index in [0.717, 1.165) is 25.1 Å². The standard InChI is InChI=1S/C19H27N3O3/c1-13-12-25-14(2)10-22(13)19(24)15-5-7-17(8-6-15)21-9-3-4-16(11-21)18(20)23/h5-8,13-14,16H,3-4,9-12H2,1-2H3,(H2,20,23)/t13-,14+,16+/m0/s1. The minimum Gasteiger partial charge on any atom is -0.375 e. The van der Waals surface area contributed by atoms with Gasteiger partial charge in [-0.3, -0.25) is 9.59 Å². The summed E-state index contributed by atoms with van der Waals surface area (Å²) in [7, 11) is 0. The van der Waals surface area contributed by atoms with Crippen LogP contribution in [0.3, 0.4) is 0 Å². The van der Waals surface area contributed by atoms with Crippen LogP contribution in [0.1, 0.15) is 37.0 Å². The number of hydrogen-bond donors (Lipinski definition) is 1. The molecule has 0 spiro atoms. The van der Waals surface area contributed by atoms with Crippen LogP contribution in [0.15, 0.2) is 24.3 Å². The molecule has 6 nitrogen and oxygen atoms in total. The summed E-state index contributed by atoms with van der Waals surface area (Å²) in [5.74, 6) is -0.277. The van der Waals surface area contributed by atoms with Crippen LogP contribution in [0.25, 0.3) is 0 Å². The monoisotopic (exact) mass is 345 g/mol. The quantitative estimate of drug-likeness (QED) is 0.903. The minimum atomic E-state index is -0.230. The van der Waals surface area contributed by atoms with Crippen molar-refractivity contribution in [3.05, 3.63) is 29.8 Å². The zero-order valence-electron chi connectivity index (χ0n) is 15.0. The molecule has 2 aliphatic rings. The topological polar surface area (TPSA) is 75.9 Å². The van der Waals surface area contributed by atoms with Crippen molar-refractivity contribution in [1.82, 2.24) is 4.90 Å². The lowest BCUT2D eigenvalue weighted by atomic mass is 9.97. The van der Waals surface area contributed by atoms with E-state index in [1.54, 1.807) is 0 Å². The highest BCUT2D eigenvalue weighted by Crippen LogP contribution is 2.24. The van der Waals surface area contributed by atoms with E-state index in [-0.39, 0.29) is 29.9 Å². The number of rotatable bonds is 3. The lowest BCUT2D eigenvalue weighted by Gasteiger charge is -2.37. The molecule has 2 amide bonds. The SMILES string of the molecule is C[C@@H]1CN(C(=O)c2ccc(N3CCC[C@@H](C(N)=O)C3)cc2)[C@@H](C)CO1. The fourth-order valence-corrected chi connectivity index (χ4v) is 3.61. The van der Waals surface area contributed by atoms with Gasteiger partial charge in [-0.1, -0.05) is 0 Å². The second-order valence-corrected chi connectivity index (χ2v) is 7.18. The van der Waals surface area contributed by atoms with Crippen LogP contribution in [-0.2, 0) is 9.53 Å². The molecule has 3 atom stereocenters. The van der Waals surface area contributed by atoms with Crippen LogP contribution in [0.2, 0.25) is 0 Å². The molecule has 0 saturated carbocycles. The Morgan fingerprint density at radius 2 is 1.88 bits per heavy atom. The molecule has 0 unspecified atom stereocenters. The van der Waals surface area contributed by atoms with Crippen molar-refractivity contribution in [1.29, 1.82) is 0 Å². The number of piperidine rings is 1. The number of carbonyl (C=O) groups excluding carboxylic acids is 2. The summed E-state index contributed by atoms with van der Waals surface area (Å²) in [6.45, 7) is 6.76. The average Bonchev–Trinajstić information content (AvgIpc) is 2.63. The molecule has 3 rings (SSSR count). The minimum absolute atomic E-state index is 0.0443. The first-order valence-corrected chi connectivity index (χ1v) is 9.02. The zero-order chi connectivity index (χ0) is 18.0. The van der Waals surface area contributed by atoms with Crippen LogP contribution in [0, 0.1) is 5.92 Å². The van der Waals surface area contributed by atoms with E-state index in [9.17, 15) is 9.59 Å². The number of benzene rings is 1. The van der Waals surface area contributed by atoms with Gasteiger partial charge in [0.05, 0.1) is 24.7 Å². The molecule has 2 N–H and O–H groups in total. The van der Waals surface area contributed by atoms with Crippen molar-refractivity contribution in [3.63, 3.8) is 0 Å². The summed E-state index contributed by atoms with van der Waals surface area (Å²) >= 11 is 0. The van der Waals surface area contributed by atoms with Crippen molar-refractivity contribution in [3.8, 4) is 0 Å². The van der Waals surface area contributed by atoms with Gasteiger partial charge in [-0.15, -0.1) is 0 Å². The molecule has 2 fully saturated rings. The summed E-state index contributed by atoms with van der Waals surface area (Å²) < 4.78 is 5.60. The smallest absolute Gasteiger partial charge is 0.254 e. The summed E-state index contributed by atoms with van der Waals surface area (Å²) in [6, 6.07) is 7.76. The Balaban J connectivity index is 1.69. The highest BCUT2D eigenvalue weighted by Gasteiger charge is 2.28. The number of ether oxygens (including phenoxy) is 1. The van der Waals surface area contributed by atoms with E-state index in [0.29, 0.717) is 25.3 Å². The molecule has 25 heavy (non-hydrogen) atoms. The Kier molecular flexibility index (Phi) is 5.27. The fraction of sp³-hybridized carbons (Fsp3) is 0.579. The van der Waals surface area contributed by atoms with E-state index in [1.807, 2.05) is 43.0 Å². The van der Waals surface area contributed by atoms with Crippen LogP contribution in [0.4, 0.5) is 5.69 Å². The number of morpholine rings is 1. The van der Waals surface area contributed by atoms with Crippen LogP contribution < -0.4 is 10.6 Å². The van der Waals surface area contributed by atoms with Crippen LogP contribution in [0.5, 0.6) is 0 Å². The molecule has 2 aliphatic heterocycles. The molecule has 0 aliphatic carbocycles. The molecule has 1 aromatic carbocycles. The number of carbonyl (C=O) groups is 2. The third kappa shape index (κ3) is 3.95. The maximum atomic E-state index is 12.8. The van der Waals surface area contributed by atoms with Gasteiger partial charge in [0.15, 0.2) is 0 Å². The van der Waals surface area contributed by atoms with Crippen molar-refractivity contribution in [2.75, 3.05) is 31.1 Å². The first-order valence-electron chi connectivity index (χ1n) is 9.02. The Labute approximate surface area is 148 Å². The third-order valence-corrected chi connectivity index (χ3v) is 5.17. The highest BCUT2D eigenvalue weighted by molar-refractivity contribution is 5.95. The summed E-state index contributed by atoms with van der Waals surface area (Å²) in [6.07, 6.45) is 1.88. The van der Waals surface area contributed by atoms with Gasteiger partial charge in [-0.25, -0.2) is 0 Å². The predicted molar refractivity (Wildman–Crippen MR) is 96.5 cm³/mol. The Hall–Kier alpha value is -2.08. The van der Waals surface area contributed by atoms with E-state index in [1.165, 1.54) is 0 Å². The zero-order valence-corrected chi connectivity index (χ0v) is 15.0. The van der Waals surface area contributed by atoms with E-state index in [4.69, 9.17) is 10.5 Å². The van der Waals surface area contributed by atoms with Crippen LogP contribution in [-0.4, -0.2) is 55.1 Å². The van der Waals surface area contributed by atoms with E-state index in [2.05, 4.69) is 4.90 Å². The molecule has 2 heterocycles. The van der Waals surface area contributed by atoms with Crippen molar-refractivity contribution >= 4 is 17.5 Å². The molecule has 0 radical (unpaired) electrons. The van der Waals surface area contributed by atoms with Gasteiger partial charge in [-0.05, 0) is 51.0 Å². The second-order valence-electron chi connectivity index (χ2n) is 7.18.